The van der Waals surface area contributed by atoms with E-state index in [1.165, 1.54) is 6.42 Å². The lowest BCUT2D eigenvalue weighted by Crippen LogP contribution is -2.38. The molecule has 178 valence electrons. The van der Waals surface area contributed by atoms with Crippen molar-refractivity contribution in [3.8, 4) is 5.88 Å². The highest BCUT2D eigenvalue weighted by molar-refractivity contribution is 7.97. The molecule has 0 radical (unpaired) electrons. The largest absolute Gasteiger partial charge is 0.481 e. The van der Waals surface area contributed by atoms with E-state index in [9.17, 15) is 5.11 Å². The van der Waals surface area contributed by atoms with Gasteiger partial charge >= 0.3 is 0 Å². The van der Waals surface area contributed by atoms with Crippen molar-refractivity contribution < 1.29 is 14.6 Å². The van der Waals surface area contributed by atoms with Crippen LogP contribution in [0, 0.1) is 5.92 Å². The highest BCUT2D eigenvalue weighted by Gasteiger charge is 2.28. The summed E-state index contributed by atoms with van der Waals surface area (Å²) in [4.78, 5) is 11.5. The molecule has 3 rings (SSSR count). The Morgan fingerprint density at radius 3 is 2.78 bits per heavy atom. The number of nitrogens with one attached hydrogen (secondary N) is 3. The Labute approximate surface area is 194 Å². The average molecular weight is 466 g/mol. The van der Waals surface area contributed by atoms with Gasteiger partial charge in [-0.1, -0.05) is 18.9 Å². The zero-order valence-electron chi connectivity index (χ0n) is 19.3. The summed E-state index contributed by atoms with van der Waals surface area (Å²) in [6.45, 7) is 2.96. The fourth-order valence-electron chi connectivity index (χ4n) is 3.88. The molecule has 0 aliphatic heterocycles. The van der Waals surface area contributed by atoms with Crippen LogP contribution in [-0.4, -0.2) is 71.0 Å². The molecule has 0 bridgehead atoms. The Hall–Kier alpha value is -2.08. The molecule has 11 heteroatoms. The van der Waals surface area contributed by atoms with Gasteiger partial charge in [0.1, 0.15) is 5.82 Å². The van der Waals surface area contributed by atoms with E-state index in [1.807, 2.05) is 0 Å². The molecule has 2 aromatic heterocycles. The van der Waals surface area contributed by atoms with Crippen molar-refractivity contribution in [1.29, 1.82) is 0 Å². The molecular weight excluding hydrogens is 430 g/mol. The third kappa shape index (κ3) is 6.96. The van der Waals surface area contributed by atoms with Crippen molar-refractivity contribution in [1.82, 2.24) is 24.9 Å². The molecule has 1 aliphatic carbocycles. The highest BCUT2D eigenvalue weighted by Crippen LogP contribution is 2.30. The van der Waals surface area contributed by atoms with E-state index < -0.39 is 0 Å². The summed E-state index contributed by atoms with van der Waals surface area (Å²) in [7, 11) is 5.38. The van der Waals surface area contributed by atoms with Crippen LogP contribution in [-0.2, 0) is 11.3 Å². The van der Waals surface area contributed by atoms with E-state index in [2.05, 4.69) is 44.1 Å². The number of hydrogen-bond acceptors (Lipinski definition) is 10. The van der Waals surface area contributed by atoms with Gasteiger partial charge < -0.3 is 24.8 Å². The van der Waals surface area contributed by atoms with Crippen molar-refractivity contribution in [3.63, 3.8) is 0 Å². The molecule has 2 heterocycles. The van der Waals surface area contributed by atoms with Crippen LogP contribution >= 0.6 is 11.9 Å². The molecule has 1 saturated carbocycles. The Bertz CT molecular complexity index is 837. The van der Waals surface area contributed by atoms with Crippen LogP contribution in [0.2, 0.25) is 0 Å². The normalized spacial score (nSPS) is 21.2. The lowest BCUT2D eigenvalue weighted by molar-refractivity contribution is 0.218. The van der Waals surface area contributed by atoms with E-state index in [0.29, 0.717) is 47.2 Å². The number of ether oxygens (including phenoxy) is 2. The predicted octanol–water partition coefficient (Wildman–Crippen LogP) is 2.71. The van der Waals surface area contributed by atoms with Gasteiger partial charge in [0.2, 0.25) is 11.8 Å². The monoisotopic (exact) mass is 465 g/mol. The minimum atomic E-state index is -0.103. The molecule has 3 atom stereocenters. The SMILES string of the molecule is COCCSNC1CCC(C)CC(N(C)c2nc(Nc3cc(CO)[nH]n3)cc(OC)n2)C1. The minimum absolute atomic E-state index is 0.103. The smallest absolute Gasteiger partial charge is 0.230 e. The Balaban J connectivity index is 1.73. The fraction of sp³-hybridized carbons (Fsp3) is 0.667. The average Bonchev–Trinajstić information content (AvgIpc) is 3.17. The Morgan fingerprint density at radius 2 is 2.06 bits per heavy atom. The zero-order chi connectivity index (χ0) is 22.9. The van der Waals surface area contributed by atoms with E-state index in [0.717, 1.165) is 31.6 Å². The van der Waals surface area contributed by atoms with Crippen molar-refractivity contribution in [2.24, 2.45) is 5.92 Å². The van der Waals surface area contributed by atoms with E-state index >= 15 is 0 Å². The lowest BCUT2D eigenvalue weighted by Gasteiger charge is -2.30. The molecule has 1 aliphatic rings. The molecule has 0 spiro atoms. The number of methoxy groups -OCH3 is 2. The molecular formula is C21H35N7O3S. The number of rotatable bonds is 11. The molecule has 0 amide bonds. The van der Waals surface area contributed by atoms with Crippen molar-refractivity contribution in [3.05, 3.63) is 17.8 Å². The summed E-state index contributed by atoms with van der Waals surface area (Å²) in [5.74, 6) is 3.80. The molecule has 10 nitrogen and oxygen atoms in total. The quantitative estimate of drug-likeness (QED) is 0.224. The molecule has 2 aromatic rings. The van der Waals surface area contributed by atoms with Crippen LogP contribution in [0.4, 0.5) is 17.6 Å². The van der Waals surface area contributed by atoms with Gasteiger partial charge in [-0.2, -0.15) is 15.1 Å². The van der Waals surface area contributed by atoms with Crippen molar-refractivity contribution >= 4 is 29.5 Å². The van der Waals surface area contributed by atoms with Crippen LogP contribution in [0.15, 0.2) is 12.1 Å². The molecule has 0 aromatic carbocycles. The standard InChI is InChI=1S/C21H35N7O3S/c1-14-5-6-15(27-32-8-7-30-3)10-17(9-14)28(2)21-23-18(12-20(24-21)31-4)22-19-11-16(13-29)25-26-19/h11-12,14-15,17,27,29H,5-10,13H2,1-4H3,(H2,22,23,24,25,26). The lowest BCUT2D eigenvalue weighted by atomic mass is 10.00. The van der Waals surface area contributed by atoms with Gasteiger partial charge in [0.25, 0.3) is 0 Å². The second-order valence-electron chi connectivity index (χ2n) is 8.23. The maximum absolute atomic E-state index is 9.24. The Morgan fingerprint density at radius 1 is 1.22 bits per heavy atom. The number of aliphatic hydroxyl groups excluding tert-OH is 1. The summed E-state index contributed by atoms with van der Waals surface area (Å²) in [6, 6.07) is 4.21. The number of aromatic nitrogens is 4. The van der Waals surface area contributed by atoms with Crippen molar-refractivity contribution in [2.75, 3.05) is 43.8 Å². The van der Waals surface area contributed by atoms with E-state index in [1.54, 1.807) is 38.3 Å². The molecule has 4 N–H and O–H groups in total. The second kappa shape index (κ2) is 12.2. The van der Waals surface area contributed by atoms with Crippen LogP contribution in [0.5, 0.6) is 5.88 Å². The van der Waals surface area contributed by atoms with Gasteiger partial charge in [0.05, 0.1) is 26.0 Å². The van der Waals surface area contributed by atoms with Gasteiger partial charge in [0, 0.05) is 44.1 Å². The topological polar surface area (TPSA) is 120 Å². The van der Waals surface area contributed by atoms with Gasteiger partial charge in [-0.15, -0.1) is 0 Å². The third-order valence-corrected chi connectivity index (χ3v) is 6.57. The Kier molecular flexibility index (Phi) is 9.39. The maximum atomic E-state index is 9.24. The van der Waals surface area contributed by atoms with Crippen LogP contribution in [0.1, 0.15) is 38.3 Å². The van der Waals surface area contributed by atoms with Crippen LogP contribution in [0.3, 0.4) is 0 Å². The van der Waals surface area contributed by atoms with E-state index in [4.69, 9.17) is 14.5 Å². The fourth-order valence-corrected chi connectivity index (χ4v) is 4.69. The van der Waals surface area contributed by atoms with Gasteiger partial charge in [-0.05, 0) is 31.6 Å². The van der Waals surface area contributed by atoms with Crippen LogP contribution in [0.25, 0.3) is 0 Å². The first-order chi connectivity index (χ1) is 15.5. The summed E-state index contributed by atoms with van der Waals surface area (Å²) in [5, 5.41) is 19.3. The molecule has 1 fully saturated rings. The van der Waals surface area contributed by atoms with Gasteiger partial charge in [-0.3, -0.25) is 9.82 Å². The molecule has 3 unspecified atom stereocenters. The first kappa shape index (κ1) is 24.6. The number of aliphatic hydroxyl groups is 1. The third-order valence-electron chi connectivity index (χ3n) is 5.70. The zero-order valence-corrected chi connectivity index (χ0v) is 20.1. The highest BCUT2D eigenvalue weighted by atomic mass is 32.2. The number of aromatic amines is 1. The second-order valence-corrected chi connectivity index (χ2v) is 9.16. The number of nitrogens with zero attached hydrogens (tertiary/aromatic N) is 4. The maximum Gasteiger partial charge on any atom is 0.230 e. The molecule has 0 saturated heterocycles. The number of H-pyrrole nitrogens is 1. The summed E-state index contributed by atoms with van der Waals surface area (Å²) >= 11 is 1.74. The van der Waals surface area contributed by atoms with Gasteiger partial charge in [0.15, 0.2) is 5.82 Å². The predicted molar refractivity (Wildman–Crippen MR) is 127 cm³/mol. The number of hydrogen-bond donors (Lipinski definition) is 4. The number of anilines is 3. The van der Waals surface area contributed by atoms with E-state index in [-0.39, 0.29) is 6.61 Å². The minimum Gasteiger partial charge on any atom is -0.481 e. The summed E-state index contributed by atoms with van der Waals surface area (Å²) in [6.07, 6.45) is 4.46. The van der Waals surface area contributed by atoms with Crippen LogP contribution < -0.4 is 19.7 Å². The summed E-state index contributed by atoms with van der Waals surface area (Å²) in [5.41, 5.74) is 0.625. The molecule has 32 heavy (non-hydrogen) atoms. The van der Waals surface area contributed by atoms with Crippen molar-refractivity contribution in [2.45, 2.75) is 51.3 Å². The first-order valence-corrected chi connectivity index (χ1v) is 11.9. The summed E-state index contributed by atoms with van der Waals surface area (Å²) < 4.78 is 14.2. The first-order valence-electron chi connectivity index (χ1n) is 11.0. The van der Waals surface area contributed by atoms with Gasteiger partial charge in [-0.25, -0.2) is 0 Å².